The molecular weight excluding hydrogens is 392 g/mol. The maximum Gasteiger partial charge on any atom is 0.315 e. The van der Waals surface area contributed by atoms with Crippen molar-refractivity contribution in [3.63, 3.8) is 0 Å². The fourth-order valence-corrected chi connectivity index (χ4v) is 4.46. The Morgan fingerprint density at radius 3 is 2.76 bits per heavy atom. The van der Waals surface area contributed by atoms with E-state index in [0.29, 0.717) is 23.7 Å². The maximum atomic E-state index is 12.7. The zero-order chi connectivity index (χ0) is 21.3. The smallest absolute Gasteiger partial charge is 0.315 e. The third kappa shape index (κ3) is 4.14. The van der Waals surface area contributed by atoms with Gasteiger partial charge >= 0.3 is 5.97 Å². The minimum atomic E-state index is -1.12. The van der Waals surface area contributed by atoms with E-state index < -0.39 is 23.3 Å². The topological polar surface area (TPSA) is 126 Å². The van der Waals surface area contributed by atoms with Gasteiger partial charge < -0.3 is 15.7 Å². The molecule has 1 atom stereocenters. The highest BCUT2D eigenvalue weighted by molar-refractivity contribution is 7.15. The van der Waals surface area contributed by atoms with E-state index in [0.717, 1.165) is 22.6 Å². The van der Waals surface area contributed by atoms with E-state index >= 15 is 0 Å². The Hall–Kier alpha value is -2.81. The number of carboxylic acid groups (broad SMARTS) is 1. The largest absolute Gasteiger partial charge is 0.481 e. The predicted molar refractivity (Wildman–Crippen MR) is 108 cm³/mol. The van der Waals surface area contributed by atoms with Crippen molar-refractivity contribution in [1.29, 1.82) is 0 Å². The molecule has 8 nitrogen and oxygen atoms in total. The summed E-state index contributed by atoms with van der Waals surface area (Å²) in [6.45, 7) is 5.60. The summed E-state index contributed by atoms with van der Waals surface area (Å²) in [4.78, 5) is 46.9. The fourth-order valence-electron chi connectivity index (χ4n) is 3.41. The highest BCUT2D eigenvalue weighted by Gasteiger charge is 2.33. The number of aryl methyl sites for hydroxylation is 1. The lowest BCUT2D eigenvalue weighted by Crippen LogP contribution is -2.44. The van der Waals surface area contributed by atoms with E-state index in [-0.39, 0.29) is 12.3 Å². The van der Waals surface area contributed by atoms with E-state index in [1.807, 2.05) is 6.92 Å². The van der Waals surface area contributed by atoms with Gasteiger partial charge in [-0.1, -0.05) is 0 Å². The maximum absolute atomic E-state index is 12.7. The molecule has 0 aromatic carbocycles. The molecule has 0 spiro atoms. The number of rotatable bonds is 6. The van der Waals surface area contributed by atoms with Crippen LogP contribution in [0.5, 0.6) is 0 Å². The second-order valence-corrected chi connectivity index (χ2v) is 8.79. The molecule has 29 heavy (non-hydrogen) atoms. The van der Waals surface area contributed by atoms with E-state index in [1.54, 1.807) is 37.1 Å². The summed E-state index contributed by atoms with van der Waals surface area (Å²) < 4.78 is 0. The lowest BCUT2D eigenvalue weighted by atomic mass is 9.88. The molecule has 1 saturated heterocycles. The van der Waals surface area contributed by atoms with Crippen LogP contribution >= 0.6 is 11.3 Å². The monoisotopic (exact) mass is 416 g/mol. The van der Waals surface area contributed by atoms with Crippen LogP contribution in [-0.4, -0.2) is 50.3 Å². The van der Waals surface area contributed by atoms with Crippen LogP contribution in [0.3, 0.4) is 0 Å². The Kier molecular flexibility index (Phi) is 5.70. The molecule has 3 heterocycles. The normalized spacial score (nSPS) is 16.8. The molecule has 0 radical (unpaired) electrons. The van der Waals surface area contributed by atoms with Gasteiger partial charge in [-0.2, -0.15) is 0 Å². The number of amides is 2. The van der Waals surface area contributed by atoms with Gasteiger partial charge in [-0.15, -0.1) is 11.3 Å². The van der Waals surface area contributed by atoms with Crippen molar-refractivity contribution in [1.82, 2.24) is 14.9 Å². The van der Waals surface area contributed by atoms with E-state index in [9.17, 15) is 19.5 Å². The van der Waals surface area contributed by atoms with Gasteiger partial charge in [0, 0.05) is 12.7 Å². The summed E-state index contributed by atoms with van der Waals surface area (Å²) >= 11 is 1.39. The van der Waals surface area contributed by atoms with E-state index in [4.69, 9.17) is 5.73 Å². The van der Waals surface area contributed by atoms with Crippen LogP contribution in [0.2, 0.25) is 0 Å². The molecule has 3 N–H and O–H groups in total. The summed E-state index contributed by atoms with van der Waals surface area (Å²) in [6.07, 6.45) is 3.05. The molecule has 0 bridgehead atoms. The van der Waals surface area contributed by atoms with Gasteiger partial charge in [0.15, 0.2) is 0 Å². The number of aliphatic carboxylic acids is 1. The highest BCUT2D eigenvalue weighted by Crippen LogP contribution is 2.33. The van der Waals surface area contributed by atoms with E-state index in [1.165, 1.54) is 11.3 Å². The van der Waals surface area contributed by atoms with Gasteiger partial charge in [-0.25, -0.2) is 4.98 Å². The number of carboxylic acids is 1. The number of thiazole rings is 1. The third-order valence-corrected chi connectivity index (χ3v) is 6.45. The Labute approximate surface area is 172 Å². The number of aromatic nitrogens is 2. The average molecular weight is 417 g/mol. The minimum Gasteiger partial charge on any atom is -0.481 e. The molecule has 3 rings (SSSR count). The van der Waals surface area contributed by atoms with Gasteiger partial charge in [0.1, 0.15) is 16.5 Å². The number of primary amides is 1. The number of carbonyl (C=O) groups excluding carboxylic acids is 2. The van der Waals surface area contributed by atoms with E-state index in [2.05, 4.69) is 9.97 Å². The minimum absolute atomic E-state index is 0.105. The van der Waals surface area contributed by atoms with Crippen LogP contribution in [-0.2, 0) is 26.2 Å². The number of nitrogens with zero attached hydrogens (tertiary/aromatic N) is 3. The lowest BCUT2D eigenvalue weighted by Gasteiger charge is -2.21. The summed E-state index contributed by atoms with van der Waals surface area (Å²) in [5.41, 5.74) is 6.31. The molecule has 0 unspecified atom stereocenters. The van der Waals surface area contributed by atoms with Gasteiger partial charge in [-0.05, 0) is 51.3 Å². The molecule has 9 heteroatoms. The van der Waals surface area contributed by atoms with Crippen molar-refractivity contribution < 1.29 is 19.5 Å². The van der Waals surface area contributed by atoms with Crippen molar-refractivity contribution in [2.45, 2.75) is 51.5 Å². The number of likely N-dealkylation sites (tertiary alicyclic amines) is 1. The molecule has 2 aromatic rings. The highest BCUT2D eigenvalue weighted by atomic mass is 32.1. The van der Waals surface area contributed by atoms with Gasteiger partial charge in [0.2, 0.25) is 11.8 Å². The fraction of sp³-hybridized carbons (Fsp3) is 0.450. The average Bonchev–Trinajstić information content (AvgIpc) is 3.28. The van der Waals surface area contributed by atoms with Crippen LogP contribution in [0, 0.1) is 6.92 Å². The molecule has 0 aliphatic carbocycles. The van der Waals surface area contributed by atoms with Crippen molar-refractivity contribution in [2.75, 3.05) is 6.54 Å². The third-order valence-electron chi connectivity index (χ3n) is 5.24. The van der Waals surface area contributed by atoms with Crippen LogP contribution in [0.15, 0.2) is 18.3 Å². The number of pyridine rings is 1. The van der Waals surface area contributed by atoms with Crippen LogP contribution < -0.4 is 5.73 Å². The first-order chi connectivity index (χ1) is 13.6. The van der Waals surface area contributed by atoms with Crippen molar-refractivity contribution in [3.05, 3.63) is 34.7 Å². The Balaban J connectivity index is 1.83. The molecule has 1 aliphatic rings. The number of hydrogen-bond donors (Lipinski definition) is 2. The lowest BCUT2D eigenvalue weighted by molar-refractivity contribution is -0.142. The summed E-state index contributed by atoms with van der Waals surface area (Å²) in [5, 5.41) is 10.1. The molecule has 1 aliphatic heterocycles. The van der Waals surface area contributed by atoms with Crippen LogP contribution in [0.25, 0.3) is 10.4 Å². The second kappa shape index (κ2) is 7.90. The zero-order valence-corrected chi connectivity index (χ0v) is 17.5. The first-order valence-corrected chi connectivity index (χ1v) is 10.2. The summed E-state index contributed by atoms with van der Waals surface area (Å²) in [6, 6.07) is 3.02. The number of nitrogens with two attached hydrogens (primary N) is 1. The Bertz CT molecular complexity index is 969. The Morgan fingerprint density at radius 2 is 2.10 bits per heavy atom. The molecule has 0 saturated carbocycles. The molecule has 1 fully saturated rings. The van der Waals surface area contributed by atoms with Crippen molar-refractivity contribution in [3.8, 4) is 10.4 Å². The van der Waals surface area contributed by atoms with Gasteiger partial charge in [-0.3, -0.25) is 19.4 Å². The molecule has 2 amide bonds. The molecular formula is C20H24N4O4S. The quantitative estimate of drug-likeness (QED) is 0.740. The van der Waals surface area contributed by atoms with Crippen LogP contribution in [0.1, 0.15) is 43.1 Å². The van der Waals surface area contributed by atoms with Gasteiger partial charge in [0.25, 0.3) is 0 Å². The molecule has 154 valence electrons. The van der Waals surface area contributed by atoms with Crippen molar-refractivity contribution in [2.24, 2.45) is 5.73 Å². The van der Waals surface area contributed by atoms with Crippen molar-refractivity contribution >= 4 is 29.1 Å². The zero-order valence-electron chi connectivity index (χ0n) is 16.6. The summed E-state index contributed by atoms with van der Waals surface area (Å²) in [7, 11) is 0. The SMILES string of the molecule is Cc1nc(CC(=O)N2CCC[C@H]2C(N)=O)sc1-c1ccnc(C(C)(C)C(=O)O)c1. The van der Waals surface area contributed by atoms with Crippen LogP contribution in [0.4, 0.5) is 0 Å². The molecule has 2 aromatic heterocycles. The number of carbonyl (C=O) groups is 3. The predicted octanol–water partition coefficient (Wildman–Crippen LogP) is 1.89. The Morgan fingerprint density at radius 1 is 1.38 bits per heavy atom. The first-order valence-electron chi connectivity index (χ1n) is 9.36. The second-order valence-electron chi connectivity index (χ2n) is 7.71. The van der Waals surface area contributed by atoms with Gasteiger partial charge in [0.05, 0.1) is 22.7 Å². The number of hydrogen-bond acceptors (Lipinski definition) is 6. The standard InChI is InChI=1S/C20H24N4O4S/c1-11-17(12-6-7-22-14(9-12)20(2,3)19(27)28)29-15(23-11)10-16(25)24-8-4-5-13(24)18(21)26/h6-7,9,13H,4-5,8,10H2,1-3H3,(H2,21,26)(H,27,28)/t13-/m0/s1. The summed E-state index contributed by atoms with van der Waals surface area (Å²) in [5.74, 6) is -1.59. The first kappa shape index (κ1) is 20.9.